The van der Waals surface area contributed by atoms with Gasteiger partial charge in [-0.2, -0.15) is 0 Å². The van der Waals surface area contributed by atoms with E-state index in [9.17, 15) is 5.11 Å². The van der Waals surface area contributed by atoms with Gasteiger partial charge in [-0.05, 0) is 29.0 Å². The van der Waals surface area contributed by atoms with Crippen LogP contribution in [0.15, 0.2) is 18.2 Å². The summed E-state index contributed by atoms with van der Waals surface area (Å²) in [6.45, 7) is 8.87. The van der Waals surface area contributed by atoms with E-state index in [2.05, 4.69) is 20.8 Å². The maximum Gasteiger partial charge on any atom is 0.122 e. The summed E-state index contributed by atoms with van der Waals surface area (Å²) in [7, 11) is 0. The highest BCUT2D eigenvalue weighted by molar-refractivity contribution is 5.45. The zero-order valence-corrected chi connectivity index (χ0v) is 10.0. The molecule has 0 amide bonds. The highest BCUT2D eigenvalue weighted by Crippen LogP contribution is 2.35. The fraction of sp³-hybridized carbons (Fsp3) is 0.538. The minimum absolute atomic E-state index is 0.0333. The number of benzene rings is 1. The van der Waals surface area contributed by atoms with E-state index in [0.717, 1.165) is 11.1 Å². The summed E-state index contributed by atoms with van der Waals surface area (Å²) < 4.78 is 0. The van der Waals surface area contributed by atoms with E-state index in [1.54, 1.807) is 0 Å². The Morgan fingerprint density at radius 2 is 1.93 bits per heavy atom. The van der Waals surface area contributed by atoms with Crippen molar-refractivity contribution in [3.63, 3.8) is 0 Å². The van der Waals surface area contributed by atoms with Gasteiger partial charge in [-0.15, -0.1) is 0 Å². The molecule has 1 aromatic carbocycles. The molecule has 0 heterocycles. The van der Waals surface area contributed by atoms with Gasteiger partial charge in [0.15, 0.2) is 0 Å². The van der Waals surface area contributed by atoms with Gasteiger partial charge >= 0.3 is 0 Å². The van der Waals surface area contributed by atoms with Crippen LogP contribution in [0.4, 0.5) is 0 Å². The quantitative estimate of drug-likeness (QED) is 0.783. The Morgan fingerprint density at radius 1 is 1.33 bits per heavy atom. The summed E-state index contributed by atoms with van der Waals surface area (Å²) in [6, 6.07) is 5.91. The van der Waals surface area contributed by atoms with Crippen molar-refractivity contribution >= 4 is 0 Å². The fourth-order valence-electron chi connectivity index (χ4n) is 1.69. The molecule has 0 aliphatic rings. The number of para-hydroxylation sites is 1. The van der Waals surface area contributed by atoms with Gasteiger partial charge in [0, 0.05) is 0 Å². The molecule has 1 atom stereocenters. The van der Waals surface area contributed by atoms with Crippen LogP contribution in [-0.2, 0) is 5.41 Å². The molecule has 0 radical (unpaired) electrons. The first-order chi connectivity index (χ1) is 6.88. The first kappa shape index (κ1) is 12.1. The first-order valence-electron chi connectivity index (χ1n) is 5.40. The molecule has 1 rings (SSSR count). The Kier molecular flexibility index (Phi) is 3.40. The zero-order chi connectivity index (χ0) is 11.6. The van der Waals surface area contributed by atoms with Crippen LogP contribution in [0, 0.1) is 0 Å². The standard InChI is InChI=1S/C13H21NO/c1-9(8-14)10-6-5-7-11(12(10)15)13(2,3)4/h5-7,9,15H,8,14H2,1-4H3. The van der Waals surface area contributed by atoms with Crippen molar-refractivity contribution in [3.8, 4) is 5.75 Å². The topological polar surface area (TPSA) is 46.2 Å². The average molecular weight is 207 g/mol. The molecule has 0 aromatic heterocycles. The Balaban J connectivity index is 3.23. The highest BCUT2D eigenvalue weighted by atomic mass is 16.3. The SMILES string of the molecule is CC(CN)c1cccc(C(C)(C)C)c1O. The van der Waals surface area contributed by atoms with Crippen molar-refractivity contribution in [1.82, 2.24) is 0 Å². The van der Waals surface area contributed by atoms with Crippen molar-refractivity contribution in [2.75, 3.05) is 6.54 Å². The van der Waals surface area contributed by atoms with Gasteiger partial charge in [-0.3, -0.25) is 0 Å². The second-order valence-electron chi connectivity index (χ2n) is 5.13. The van der Waals surface area contributed by atoms with E-state index in [-0.39, 0.29) is 11.3 Å². The largest absolute Gasteiger partial charge is 0.507 e. The zero-order valence-electron chi connectivity index (χ0n) is 10.0. The van der Waals surface area contributed by atoms with E-state index in [1.807, 2.05) is 25.1 Å². The molecule has 2 heteroatoms. The van der Waals surface area contributed by atoms with Crippen molar-refractivity contribution < 1.29 is 5.11 Å². The lowest BCUT2D eigenvalue weighted by atomic mass is 9.83. The van der Waals surface area contributed by atoms with Crippen LogP contribution in [0.3, 0.4) is 0 Å². The van der Waals surface area contributed by atoms with Crippen LogP contribution in [0.25, 0.3) is 0 Å². The predicted octanol–water partition coefficient (Wildman–Crippen LogP) is 2.75. The molecule has 0 spiro atoms. The maximum absolute atomic E-state index is 10.2. The summed E-state index contributed by atoms with van der Waals surface area (Å²) in [5.41, 5.74) is 7.52. The lowest BCUT2D eigenvalue weighted by Crippen LogP contribution is -2.14. The fourth-order valence-corrected chi connectivity index (χ4v) is 1.69. The number of phenols is 1. The van der Waals surface area contributed by atoms with Crippen molar-refractivity contribution in [3.05, 3.63) is 29.3 Å². The number of hydrogen-bond acceptors (Lipinski definition) is 2. The lowest BCUT2D eigenvalue weighted by molar-refractivity contribution is 0.436. The summed E-state index contributed by atoms with van der Waals surface area (Å²) in [4.78, 5) is 0. The summed E-state index contributed by atoms with van der Waals surface area (Å²) in [5, 5.41) is 10.2. The smallest absolute Gasteiger partial charge is 0.122 e. The van der Waals surface area contributed by atoms with Crippen LogP contribution >= 0.6 is 0 Å². The normalized spacial score (nSPS) is 13.9. The molecule has 0 aliphatic carbocycles. The molecule has 0 bridgehead atoms. The number of phenolic OH excluding ortho intramolecular Hbond substituents is 1. The van der Waals surface area contributed by atoms with Crippen LogP contribution in [0.2, 0.25) is 0 Å². The Hall–Kier alpha value is -1.02. The molecule has 0 saturated carbocycles. The monoisotopic (exact) mass is 207 g/mol. The minimum atomic E-state index is -0.0333. The summed E-state index contributed by atoms with van der Waals surface area (Å²) >= 11 is 0. The molecule has 2 nitrogen and oxygen atoms in total. The van der Waals surface area contributed by atoms with Gasteiger partial charge in [-0.1, -0.05) is 45.9 Å². The molecule has 3 N–H and O–H groups in total. The summed E-state index contributed by atoms with van der Waals surface area (Å²) in [5.74, 6) is 0.607. The number of hydrogen-bond donors (Lipinski definition) is 2. The summed E-state index contributed by atoms with van der Waals surface area (Å²) in [6.07, 6.45) is 0. The van der Waals surface area contributed by atoms with E-state index in [4.69, 9.17) is 5.73 Å². The third-order valence-corrected chi connectivity index (χ3v) is 2.76. The van der Waals surface area contributed by atoms with Crippen LogP contribution in [-0.4, -0.2) is 11.7 Å². The Morgan fingerprint density at radius 3 is 2.40 bits per heavy atom. The van der Waals surface area contributed by atoms with E-state index in [0.29, 0.717) is 12.3 Å². The molecule has 84 valence electrons. The first-order valence-corrected chi connectivity index (χ1v) is 5.40. The Bertz CT molecular complexity index is 339. The molecule has 1 unspecified atom stereocenters. The molecular weight excluding hydrogens is 186 g/mol. The number of rotatable bonds is 2. The van der Waals surface area contributed by atoms with Gasteiger partial charge in [0.25, 0.3) is 0 Å². The van der Waals surface area contributed by atoms with Crippen molar-refractivity contribution in [2.24, 2.45) is 5.73 Å². The molecule has 0 fully saturated rings. The molecule has 0 aliphatic heterocycles. The van der Waals surface area contributed by atoms with Gasteiger partial charge in [0.2, 0.25) is 0 Å². The van der Waals surface area contributed by atoms with Crippen LogP contribution < -0.4 is 5.73 Å². The van der Waals surface area contributed by atoms with Gasteiger partial charge in [-0.25, -0.2) is 0 Å². The third kappa shape index (κ3) is 2.51. The predicted molar refractivity (Wildman–Crippen MR) is 64.3 cm³/mol. The Labute approximate surface area is 92.1 Å². The number of nitrogens with two attached hydrogens (primary N) is 1. The van der Waals surface area contributed by atoms with Gasteiger partial charge in [0.1, 0.15) is 5.75 Å². The number of aromatic hydroxyl groups is 1. The second-order valence-corrected chi connectivity index (χ2v) is 5.13. The van der Waals surface area contributed by atoms with Crippen molar-refractivity contribution in [1.29, 1.82) is 0 Å². The minimum Gasteiger partial charge on any atom is -0.507 e. The van der Waals surface area contributed by atoms with Gasteiger partial charge < -0.3 is 10.8 Å². The van der Waals surface area contributed by atoms with Crippen molar-refractivity contribution in [2.45, 2.75) is 39.0 Å². The second kappa shape index (κ2) is 4.23. The maximum atomic E-state index is 10.2. The average Bonchev–Trinajstić information content (AvgIpc) is 2.15. The molecule has 0 saturated heterocycles. The highest BCUT2D eigenvalue weighted by Gasteiger charge is 2.21. The van der Waals surface area contributed by atoms with Crippen LogP contribution in [0.5, 0.6) is 5.75 Å². The molecule has 1 aromatic rings. The lowest BCUT2D eigenvalue weighted by Gasteiger charge is -2.23. The van der Waals surface area contributed by atoms with Gasteiger partial charge in [0.05, 0.1) is 0 Å². The van der Waals surface area contributed by atoms with E-state index < -0.39 is 0 Å². The third-order valence-electron chi connectivity index (χ3n) is 2.76. The van der Waals surface area contributed by atoms with E-state index in [1.165, 1.54) is 0 Å². The van der Waals surface area contributed by atoms with Crippen LogP contribution in [0.1, 0.15) is 44.7 Å². The van der Waals surface area contributed by atoms with E-state index >= 15 is 0 Å². The molecule has 15 heavy (non-hydrogen) atoms. The molecular formula is C13H21NO.